The van der Waals surface area contributed by atoms with Gasteiger partial charge in [-0.1, -0.05) is 18.2 Å². The Labute approximate surface area is 110 Å². The van der Waals surface area contributed by atoms with Crippen LogP contribution in [0.3, 0.4) is 0 Å². The Balaban J connectivity index is 1.84. The van der Waals surface area contributed by atoms with Gasteiger partial charge in [-0.15, -0.1) is 0 Å². The van der Waals surface area contributed by atoms with E-state index in [0.29, 0.717) is 37.4 Å². The van der Waals surface area contributed by atoms with Crippen LogP contribution in [0, 0.1) is 0 Å². The molecule has 5 nitrogen and oxygen atoms in total. The molecule has 0 bridgehead atoms. The molecular weight excluding hydrogens is 244 g/mol. The Bertz CT molecular complexity index is 599. The largest absolute Gasteiger partial charge is 0.451 e. The van der Waals surface area contributed by atoms with Gasteiger partial charge >= 0.3 is 0 Å². The molecule has 1 aliphatic rings. The van der Waals surface area contributed by atoms with Crippen molar-refractivity contribution in [3.05, 3.63) is 36.1 Å². The molecule has 0 unspecified atom stereocenters. The maximum atomic E-state index is 12.3. The molecule has 1 aromatic carbocycles. The van der Waals surface area contributed by atoms with Gasteiger partial charge in [0.15, 0.2) is 5.76 Å². The first kappa shape index (κ1) is 11.8. The van der Waals surface area contributed by atoms with Gasteiger partial charge in [-0.05, 0) is 12.1 Å². The summed E-state index contributed by atoms with van der Waals surface area (Å²) in [4.78, 5) is 25.2. The Kier molecular flexibility index (Phi) is 2.95. The first-order valence-electron chi connectivity index (χ1n) is 6.28. The van der Waals surface area contributed by atoms with Crippen LogP contribution in [0.2, 0.25) is 0 Å². The average molecular weight is 258 g/mol. The summed E-state index contributed by atoms with van der Waals surface area (Å²) in [6.45, 7) is 1.44. The number of furan rings is 1. The molecule has 2 amide bonds. The summed E-state index contributed by atoms with van der Waals surface area (Å²) in [5.41, 5.74) is 0.704. The minimum Gasteiger partial charge on any atom is -0.451 e. The number of nitrogens with one attached hydrogen (secondary N) is 1. The SMILES string of the molecule is O=C1CCN(C(=O)c2cc3ccccc3o2)CCN1. The summed E-state index contributed by atoms with van der Waals surface area (Å²) in [6.07, 6.45) is 0.339. The first-order valence-corrected chi connectivity index (χ1v) is 6.28. The lowest BCUT2D eigenvalue weighted by Gasteiger charge is -2.17. The Hall–Kier alpha value is -2.30. The van der Waals surface area contributed by atoms with Crippen molar-refractivity contribution in [1.82, 2.24) is 10.2 Å². The highest BCUT2D eigenvalue weighted by atomic mass is 16.3. The highest BCUT2D eigenvalue weighted by molar-refractivity contribution is 5.96. The number of carbonyl (C=O) groups excluding carboxylic acids is 2. The summed E-state index contributed by atoms with van der Waals surface area (Å²) in [5.74, 6) is 0.156. The first-order chi connectivity index (χ1) is 9.24. The fourth-order valence-corrected chi connectivity index (χ4v) is 2.21. The molecule has 3 rings (SSSR count). The number of benzene rings is 1. The van der Waals surface area contributed by atoms with Gasteiger partial charge in [0.2, 0.25) is 5.91 Å². The zero-order chi connectivity index (χ0) is 13.2. The van der Waals surface area contributed by atoms with Crippen LogP contribution in [0.4, 0.5) is 0 Å². The van der Waals surface area contributed by atoms with E-state index in [1.54, 1.807) is 11.0 Å². The molecular formula is C14H14N2O3. The number of fused-ring (bicyclic) bond motifs is 1. The number of carbonyl (C=O) groups is 2. The maximum absolute atomic E-state index is 12.3. The zero-order valence-electron chi connectivity index (χ0n) is 10.4. The summed E-state index contributed by atoms with van der Waals surface area (Å²) in [5, 5.41) is 3.66. The van der Waals surface area contributed by atoms with Gasteiger partial charge in [-0.3, -0.25) is 9.59 Å². The van der Waals surface area contributed by atoms with E-state index in [1.165, 1.54) is 0 Å². The van der Waals surface area contributed by atoms with Crippen molar-refractivity contribution in [3.63, 3.8) is 0 Å². The molecule has 0 atom stereocenters. The molecule has 1 saturated heterocycles. The average Bonchev–Trinajstić information content (AvgIpc) is 2.74. The number of rotatable bonds is 1. The second kappa shape index (κ2) is 4.76. The molecule has 98 valence electrons. The van der Waals surface area contributed by atoms with Crippen LogP contribution < -0.4 is 5.32 Å². The highest BCUT2D eigenvalue weighted by Crippen LogP contribution is 2.20. The molecule has 1 aliphatic heterocycles. The van der Waals surface area contributed by atoms with Gasteiger partial charge in [-0.2, -0.15) is 0 Å². The third kappa shape index (κ3) is 2.31. The van der Waals surface area contributed by atoms with Crippen molar-refractivity contribution < 1.29 is 14.0 Å². The van der Waals surface area contributed by atoms with Crippen LogP contribution in [-0.2, 0) is 4.79 Å². The van der Waals surface area contributed by atoms with Gasteiger partial charge in [0, 0.05) is 31.4 Å². The summed E-state index contributed by atoms with van der Waals surface area (Å²) in [6, 6.07) is 9.26. The number of amides is 2. The second-order valence-electron chi connectivity index (χ2n) is 4.54. The summed E-state index contributed by atoms with van der Waals surface area (Å²) >= 11 is 0. The van der Waals surface area contributed by atoms with Crippen molar-refractivity contribution in [2.75, 3.05) is 19.6 Å². The van der Waals surface area contributed by atoms with Crippen LogP contribution in [-0.4, -0.2) is 36.3 Å². The predicted molar refractivity (Wildman–Crippen MR) is 69.7 cm³/mol. The van der Waals surface area contributed by atoms with E-state index in [-0.39, 0.29) is 11.8 Å². The molecule has 1 N–H and O–H groups in total. The maximum Gasteiger partial charge on any atom is 0.289 e. The van der Waals surface area contributed by atoms with Crippen molar-refractivity contribution in [2.24, 2.45) is 0 Å². The molecule has 5 heteroatoms. The second-order valence-corrected chi connectivity index (χ2v) is 4.54. The number of hydrogen-bond acceptors (Lipinski definition) is 3. The van der Waals surface area contributed by atoms with Gasteiger partial charge in [0.05, 0.1) is 0 Å². The quantitative estimate of drug-likeness (QED) is 0.841. The van der Waals surface area contributed by atoms with E-state index in [1.807, 2.05) is 24.3 Å². The standard InChI is InChI=1S/C14H14N2O3/c17-13-5-7-16(8-6-15-13)14(18)12-9-10-3-1-2-4-11(10)19-12/h1-4,9H,5-8H2,(H,15,17). The molecule has 1 aromatic heterocycles. The fourth-order valence-electron chi connectivity index (χ4n) is 2.21. The van der Waals surface area contributed by atoms with Crippen LogP contribution in [0.1, 0.15) is 17.0 Å². The lowest BCUT2D eigenvalue weighted by Crippen LogP contribution is -2.33. The molecule has 1 fully saturated rings. The van der Waals surface area contributed by atoms with Gasteiger partial charge in [0.1, 0.15) is 5.58 Å². The van der Waals surface area contributed by atoms with E-state index in [9.17, 15) is 9.59 Å². The van der Waals surface area contributed by atoms with Gasteiger partial charge in [-0.25, -0.2) is 0 Å². The van der Waals surface area contributed by atoms with Crippen LogP contribution >= 0.6 is 0 Å². The predicted octanol–water partition coefficient (Wildman–Crippen LogP) is 1.39. The van der Waals surface area contributed by atoms with Crippen molar-refractivity contribution in [1.29, 1.82) is 0 Å². The van der Waals surface area contributed by atoms with Crippen molar-refractivity contribution in [3.8, 4) is 0 Å². The van der Waals surface area contributed by atoms with E-state index in [2.05, 4.69) is 5.32 Å². The monoisotopic (exact) mass is 258 g/mol. The molecule has 19 heavy (non-hydrogen) atoms. The minimum absolute atomic E-state index is 0.0140. The molecule has 0 saturated carbocycles. The summed E-state index contributed by atoms with van der Waals surface area (Å²) < 4.78 is 5.55. The summed E-state index contributed by atoms with van der Waals surface area (Å²) in [7, 11) is 0. The van der Waals surface area contributed by atoms with Crippen LogP contribution in [0.15, 0.2) is 34.7 Å². The van der Waals surface area contributed by atoms with Crippen LogP contribution in [0.5, 0.6) is 0 Å². The molecule has 0 spiro atoms. The number of para-hydroxylation sites is 1. The Morgan fingerprint density at radius 1 is 1.26 bits per heavy atom. The lowest BCUT2D eigenvalue weighted by atomic mass is 10.2. The molecule has 2 aromatic rings. The van der Waals surface area contributed by atoms with E-state index in [0.717, 1.165) is 5.39 Å². The molecule has 2 heterocycles. The highest BCUT2D eigenvalue weighted by Gasteiger charge is 2.22. The third-order valence-corrected chi connectivity index (χ3v) is 3.24. The molecule has 0 aliphatic carbocycles. The fraction of sp³-hybridized carbons (Fsp3) is 0.286. The van der Waals surface area contributed by atoms with E-state index >= 15 is 0 Å². The zero-order valence-corrected chi connectivity index (χ0v) is 10.4. The smallest absolute Gasteiger partial charge is 0.289 e. The van der Waals surface area contributed by atoms with Crippen molar-refractivity contribution in [2.45, 2.75) is 6.42 Å². The van der Waals surface area contributed by atoms with Crippen molar-refractivity contribution >= 4 is 22.8 Å². The number of hydrogen-bond donors (Lipinski definition) is 1. The topological polar surface area (TPSA) is 62.6 Å². The third-order valence-electron chi connectivity index (χ3n) is 3.24. The Morgan fingerprint density at radius 3 is 2.95 bits per heavy atom. The lowest BCUT2D eigenvalue weighted by molar-refractivity contribution is -0.120. The molecule has 0 radical (unpaired) electrons. The van der Waals surface area contributed by atoms with Gasteiger partial charge in [0.25, 0.3) is 5.91 Å². The van der Waals surface area contributed by atoms with Crippen LogP contribution in [0.25, 0.3) is 11.0 Å². The normalized spacial score (nSPS) is 16.2. The van der Waals surface area contributed by atoms with Gasteiger partial charge < -0.3 is 14.6 Å². The van der Waals surface area contributed by atoms with E-state index < -0.39 is 0 Å². The van der Waals surface area contributed by atoms with E-state index in [4.69, 9.17) is 4.42 Å². The Morgan fingerprint density at radius 2 is 2.11 bits per heavy atom. The number of nitrogens with zero attached hydrogens (tertiary/aromatic N) is 1. The minimum atomic E-state index is -0.160.